The fraction of sp³-hybridized carbons (Fsp3) is 0.483. The molecule has 1 aromatic carbocycles. The SMILES string of the molecule is CC1(n2ccc(C(=O)NCc3nc(-c4cc5c(N[C@H]6CCNC[C@H]6F)cccc5n4CC(F)(F)F)no3)c2)CCOCC1. The zero-order valence-corrected chi connectivity index (χ0v) is 23.6. The molecule has 230 valence electrons. The van der Waals surface area contributed by atoms with Crippen molar-refractivity contribution in [3.05, 3.63) is 54.2 Å². The first kappa shape index (κ1) is 29.2. The first-order valence-electron chi connectivity index (χ1n) is 14.3. The summed E-state index contributed by atoms with van der Waals surface area (Å²) in [5.41, 5.74) is 1.23. The highest BCUT2D eigenvalue weighted by molar-refractivity contribution is 5.96. The molecular formula is C29H33F4N7O3. The molecule has 6 rings (SSSR count). The lowest BCUT2D eigenvalue weighted by Crippen LogP contribution is -2.45. The van der Waals surface area contributed by atoms with E-state index in [1.807, 2.05) is 10.8 Å². The fourth-order valence-corrected chi connectivity index (χ4v) is 5.75. The molecule has 43 heavy (non-hydrogen) atoms. The second-order valence-corrected chi connectivity index (χ2v) is 11.3. The molecule has 10 nitrogen and oxygen atoms in total. The topological polar surface area (TPSA) is 111 Å². The van der Waals surface area contributed by atoms with Gasteiger partial charge >= 0.3 is 6.18 Å². The third-order valence-electron chi connectivity index (χ3n) is 8.28. The highest BCUT2D eigenvalue weighted by Gasteiger charge is 2.32. The van der Waals surface area contributed by atoms with E-state index in [4.69, 9.17) is 9.26 Å². The van der Waals surface area contributed by atoms with Crippen LogP contribution in [0, 0.1) is 0 Å². The van der Waals surface area contributed by atoms with Gasteiger partial charge in [-0.25, -0.2) is 4.39 Å². The standard InChI is InChI=1S/C29H33F4N7O3/c1-28(7-11-42-12-8-28)39-10-6-18(16-39)27(41)35-15-25-37-26(38-43-25)24-13-19-21(36-22-5-9-34-14-20(22)30)3-2-4-23(19)40(24)17-29(31,32)33/h2-4,6,10,13,16,20,22,34,36H,5,7-9,11-12,14-15,17H2,1H3,(H,35,41)/t20-,22+/m1/s1. The van der Waals surface area contributed by atoms with E-state index in [0.29, 0.717) is 48.3 Å². The smallest absolute Gasteiger partial charge is 0.381 e. The van der Waals surface area contributed by atoms with Crippen LogP contribution in [-0.2, 0) is 23.4 Å². The van der Waals surface area contributed by atoms with E-state index in [9.17, 15) is 22.4 Å². The minimum atomic E-state index is -4.53. The molecule has 0 unspecified atom stereocenters. The summed E-state index contributed by atoms with van der Waals surface area (Å²) >= 11 is 0. The van der Waals surface area contributed by atoms with Crippen molar-refractivity contribution in [1.82, 2.24) is 29.9 Å². The van der Waals surface area contributed by atoms with Crippen LogP contribution in [0.25, 0.3) is 22.4 Å². The number of carbonyl (C=O) groups is 1. The number of hydrogen-bond donors (Lipinski definition) is 3. The van der Waals surface area contributed by atoms with Crippen LogP contribution in [0.4, 0.5) is 23.2 Å². The van der Waals surface area contributed by atoms with Crippen molar-refractivity contribution in [1.29, 1.82) is 0 Å². The minimum Gasteiger partial charge on any atom is -0.381 e. The van der Waals surface area contributed by atoms with Gasteiger partial charge < -0.3 is 34.3 Å². The van der Waals surface area contributed by atoms with E-state index in [1.165, 1.54) is 0 Å². The maximum atomic E-state index is 14.5. The molecule has 0 saturated carbocycles. The fourth-order valence-electron chi connectivity index (χ4n) is 5.75. The van der Waals surface area contributed by atoms with Gasteiger partial charge in [-0.3, -0.25) is 4.79 Å². The Morgan fingerprint density at radius 3 is 2.81 bits per heavy atom. The highest BCUT2D eigenvalue weighted by Crippen LogP contribution is 2.35. The van der Waals surface area contributed by atoms with Gasteiger partial charge in [-0.1, -0.05) is 11.2 Å². The number of ether oxygens (including phenoxy) is 1. The number of carbonyl (C=O) groups excluding carboxylic acids is 1. The van der Waals surface area contributed by atoms with Crippen molar-refractivity contribution in [2.75, 3.05) is 31.6 Å². The maximum absolute atomic E-state index is 14.5. The largest absolute Gasteiger partial charge is 0.406 e. The molecule has 2 saturated heterocycles. The number of fused-ring (bicyclic) bond motifs is 1. The van der Waals surface area contributed by atoms with E-state index in [1.54, 1.807) is 36.5 Å². The lowest BCUT2D eigenvalue weighted by Gasteiger charge is -2.35. The number of piperidine rings is 1. The molecule has 5 heterocycles. The molecule has 1 amide bonds. The number of hydrogen-bond acceptors (Lipinski definition) is 7. The summed E-state index contributed by atoms with van der Waals surface area (Å²) in [5, 5.41) is 13.3. The predicted octanol–water partition coefficient (Wildman–Crippen LogP) is 4.62. The van der Waals surface area contributed by atoms with Crippen molar-refractivity contribution < 1.29 is 31.6 Å². The number of benzene rings is 1. The Bertz CT molecular complexity index is 1590. The van der Waals surface area contributed by atoms with E-state index < -0.39 is 24.9 Å². The van der Waals surface area contributed by atoms with Crippen LogP contribution in [-0.4, -0.2) is 69.9 Å². The van der Waals surface area contributed by atoms with Crippen LogP contribution >= 0.6 is 0 Å². The lowest BCUT2D eigenvalue weighted by molar-refractivity contribution is -0.139. The van der Waals surface area contributed by atoms with Crippen LogP contribution in [0.15, 0.2) is 47.2 Å². The molecule has 3 N–H and O–H groups in total. The average molecular weight is 604 g/mol. The van der Waals surface area contributed by atoms with Crippen LogP contribution in [0.3, 0.4) is 0 Å². The van der Waals surface area contributed by atoms with Gasteiger partial charge in [0.1, 0.15) is 12.7 Å². The second kappa shape index (κ2) is 11.6. The molecule has 14 heteroatoms. The summed E-state index contributed by atoms with van der Waals surface area (Å²) in [6.45, 7) is 2.89. The second-order valence-electron chi connectivity index (χ2n) is 11.3. The number of halogens is 4. The highest BCUT2D eigenvalue weighted by atomic mass is 19.4. The van der Waals surface area contributed by atoms with Crippen molar-refractivity contribution in [3.63, 3.8) is 0 Å². The molecule has 3 aromatic heterocycles. The molecule has 0 radical (unpaired) electrons. The van der Waals surface area contributed by atoms with Crippen LogP contribution in [0.1, 0.15) is 42.4 Å². The molecule has 2 aliphatic heterocycles. The Balaban J connectivity index is 1.21. The summed E-state index contributed by atoms with van der Waals surface area (Å²) in [6.07, 6.45) is 0.200. The molecule has 2 aliphatic rings. The van der Waals surface area contributed by atoms with Crippen LogP contribution in [0.5, 0.6) is 0 Å². The van der Waals surface area contributed by atoms with Gasteiger partial charge in [-0.05, 0) is 57.0 Å². The Hall–Kier alpha value is -3.91. The van der Waals surface area contributed by atoms with E-state index >= 15 is 0 Å². The van der Waals surface area contributed by atoms with Gasteiger partial charge in [0.25, 0.3) is 5.91 Å². The van der Waals surface area contributed by atoms with Crippen molar-refractivity contribution in [3.8, 4) is 11.5 Å². The molecule has 2 fully saturated rings. The quantitative estimate of drug-likeness (QED) is 0.252. The average Bonchev–Trinajstić information content (AvgIpc) is 3.73. The van der Waals surface area contributed by atoms with Crippen molar-refractivity contribution >= 4 is 22.5 Å². The van der Waals surface area contributed by atoms with Gasteiger partial charge in [0.15, 0.2) is 0 Å². The maximum Gasteiger partial charge on any atom is 0.406 e. The van der Waals surface area contributed by atoms with E-state index in [2.05, 4.69) is 33.0 Å². The normalized spacial score (nSPS) is 20.8. The molecule has 0 bridgehead atoms. The van der Waals surface area contributed by atoms with Crippen LogP contribution in [0.2, 0.25) is 0 Å². The van der Waals surface area contributed by atoms with Gasteiger partial charge in [0, 0.05) is 48.8 Å². The summed E-state index contributed by atoms with van der Waals surface area (Å²) < 4.78 is 69.4. The Morgan fingerprint density at radius 1 is 1.23 bits per heavy atom. The monoisotopic (exact) mass is 603 g/mol. The number of nitrogens with zero attached hydrogens (tertiary/aromatic N) is 4. The van der Waals surface area contributed by atoms with Gasteiger partial charge in [-0.2, -0.15) is 18.2 Å². The zero-order valence-electron chi connectivity index (χ0n) is 23.6. The van der Waals surface area contributed by atoms with Crippen LogP contribution < -0.4 is 16.0 Å². The molecule has 4 aromatic rings. The predicted molar refractivity (Wildman–Crippen MR) is 150 cm³/mol. The first-order valence-corrected chi connectivity index (χ1v) is 14.3. The Labute approximate surface area is 244 Å². The molecule has 0 aliphatic carbocycles. The number of amides is 1. The summed E-state index contributed by atoms with van der Waals surface area (Å²) in [5.74, 6) is -0.365. The number of alkyl halides is 4. The molecular weight excluding hydrogens is 570 g/mol. The Kier molecular flexibility index (Phi) is 7.90. The number of aromatic nitrogens is 4. The molecule has 2 atom stereocenters. The summed E-state index contributed by atoms with van der Waals surface area (Å²) in [6, 6.07) is 7.71. The van der Waals surface area contributed by atoms with E-state index in [0.717, 1.165) is 17.4 Å². The first-order chi connectivity index (χ1) is 20.6. The molecule has 0 spiro atoms. The van der Waals surface area contributed by atoms with E-state index in [-0.39, 0.29) is 41.9 Å². The number of rotatable bonds is 8. The van der Waals surface area contributed by atoms with Gasteiger partial charge in [0.2, 0.25) is 11.7 Å². The zero-order chi connectivity index (χ0) is 30.2. The van der Waals surface area contributed by atoms with Gasteiger partial charge in [-0.15, -0.1) is 0 Å². The van der Waals surface area contributed by atoms with Crippen molar-refractivity contribution in [2.45, 2.75) is 63.2 Å². The number of anilines is 1. The Morgan fingerprint density at radius 2 is 2.05 bits per heavy atom. The summed E-state index contributed by atoms with van der Waals surface area (Å²) in [7, 11) is 0. The third kappa shape index (κ3) is 6.25. The summed E-state index contributed by atoms with van der Waals surface area (Å²) in [4.78, 5) is 17.1. The lowest BCUT2D eigenvalue weighted by atomic mass is 9.92. The van der Waals surface area contributed by atoms with Gasteiger partial charge in [0.05, 0.1) is 29.4 Å². The minimum absolute atomic E-state index is 0.0383. The van der Waals surface area contributed by atoms with Crippen molar-refractivity contribution in [2.24, 2.45) is 0 Å². The number of nitrogens with one attached hydrogen (secondary N) is 3. The third-order valence-corrected chi connectivity index (χ3v) is 8.28.